The summed E-state index contributed by atoms with van der Waals surface area (Å²) < 4.78 is 25.8. The fraction of sp³-hybridized carbons (Fsp3) is 0.188. The van der Waals surface area contributed by atoms with Crippen molar-refractivity contribution in [3.63, 3.8) is 0 Å². The second-order valence-electron chi connectivity index (χ2n) is 5.13. The van der Waals surface area contributed by atoms with Gasteiger partial charge < -0.3 is 10.6 Å². The molecular weight excluding hydrogens is 350 g/mol. The Bertz CT molecular complexity index is 853. The highest BCUT2D eigenvalue weighted by Crippen LogP contribution is 2.19. The Kier molecular flexibility index (Phi) is 5.82. The van der Waals surface area contributed by atoms with Gasteiger partial charge in [0.1, 0.15) is 0 Å². The average molecular weight is 368 g/mol. The largest absolute Gasteiger partial charge is 0.334 e. The van der Waals surface area contributed by atoms with Crippen LogP contribution in [0.5, 0.6) is 0 Å². The predicted molar refractivity (Wildman–Crippen MR) is 94.7 cm³/mol. The van der Waals surface area contributed by atoms with Crippen molar-refractivity contribution in [2.75, 3.05) is 12.4 Å². The van der Waals surface area contributed by atoms with Gasteiger partial charge in [0.25, 0.3) is 0 Å². The molecule has 2 amide bonds. The summed E-state index contributed by atoms with van der Waals surface area (Å²) in [5, 5.41) is 5.91. The number of carbonyl (C=O) groups excluding carboxylic acids is 1. The van der Waals surface area contributed by atoms with Crippen LogP contribution in [0.1, 0.15) is 11.1 Å². The molecule has 8 heteroatoms. The molecule has 0 aromatic heterocycles. The molecule has 0 aliphatic carbocycles. The molecule has 2 aromatic carbocycles. The summed E-state index contributed by atoms with van der Waals surface area (Å²) in [5.41, 5.74) is 2.17. The van der Waals surface area contributed by atoms with Gasteiger partial charge in [0.15, 0.2) is 0 Å². The highest BCUT2D eigenvalue weighted by atomic mass is 35.5. The lowest BCUT2D eigenvalue weighted by molar-refractivity contribution is 0.251. The zero-order valence-corrected chi connectivity index (χ0v) is 14.8. The lowest BCUT2D eigenvalue weighted by Gasteiger charge is -2.10. The Morgan fingerprint density at radius 2 is 1.92 bits per heavy atom. The first-order chi connectivity index (χ1) is 11.3. The molecule has 0 saturated heterocycles. The number of anilines is 1. The Morgan fingerprint density at radius 3 is 2.58 bits per heavy atom. The Hall–Kier alpha value is -2.09. The van der Waals surface area contributed by atoms with E-state index in [1.54, 1.807) is 24.3 Å². The monoisotopic (exact) mass is 367 g/mol. The van der Waals surface area contributed by atoms with Crippen molar-refractivity contribution in [2.45, 2.75) is 18.4 Å². The number of benzene rings is 2. The van der Waals surface area contributed by atoms with Crippen LogP contribution in [-0.4, -0.2) is 21.5 Å². The number of hydrogen-bond acceptors (Lipinski definition) is 3. The molecule has 0 radical (unpaired) electrons. The first kappa shape index (κ1) is 18.3. The minimum Gasteiger partial charge on any atom is -0.334 e. The number of rotatable bonds is 5. The van der Waals surface area contributed by atoms with E-state index in [1.165, 1.54) is 19.2 Å². The minimum atomic E-state index is -3.51. The zero-order valence-electron chi connectivity index (χ0n) is 13.3. The quantitative estimate of drug-likeness (QED) is 0.759. The fourth-order valence-corrected chi connectivity index (χ4v) is 2.95. The van der Waals surface area contributed by atoms with Gasteiger partial charge >= 0.3 is 6.03 Å². The third-order valence-corrected chi connectivity index (χ3v) is 5.18. The van der Waals surface area contributed by atoms with Crippen molar-refractivity contribution >= 4 is 33.3 Å². The second kappa shape index (κ2) is 7.65. The van der Waals surface area contributed by atoms with E-state index in [-0.39, 0.29) is 11.4 Å². The SMILES string of the molecule is CNS(=O)(=O)c1cccc(CNC(=O)Nc2ccc(C)c(Cl)c2)c1. The lowest BCUT2D eigenvalue weighted by atomic mass is 10.2. The molecule has 0 aliphatic rings. The van der Waals surface area contributed by atoms with Crippen LogP contribution in [0.2, 0.25) is 5.02 Å². The third kappa shape index (κ3) is 4.70. The van der Waals surface area contributed by atoms with Crippen molar-refractivity contribution in [1.82, 2.24) is 10.0 Å². The summed E-state index contributed by atoms with van der Waals surface area (Å²) in [7, 11) is -2.16. The van der Waals surface area contributed by atoms with Gasteiger partial charge in [-0.3, -0.25) is 0 Å². The average Bonchev–Trinajstić information content (AvgIpc) is 2.56. The van der Waals surface area contributed by atoms with E-state index in [0.29, 0.717) is 16.3 Å². The maximum atomic E-state index is 11.9. The van der Waals surface area contributed by atoms with Crippen LogP contribution in [0.15, 0.2) is 47.4 Å². The van der Waals surface area contributed by atoms with Crippen LogP contribution in [0.3, 0.4) is 0 Å². The van der Waals surface area contributed by atoms with Crippen LogP contribution in [0, 0.1) is 6.92 Å². The highest BCUT2D eigenvalue weighted by molar-refractivity contribution is 7.89. The van der Waals surface area contributed by atoms with Crippen LogP contribution in [0.25, 0.3) is 0 Å². The van der Waals surface area contributed by atoms with Crippen molar-refractivity contribution < 1.29 is 13.2 Å². The van der Waals surface area contributed by atoms with E-state index in [1.807, 2.05) is 13.0 Å². The molecule has 24 heavy (non-hydrogen) atoms. The number of sulfonamides is 1. The molecule has 0 aliphatic heterocycles. The Labute approximate surface area is 146 Å². The van der Waals surface area contributed by atoms with E-state index in [4.69, 9.17) is 11.6 Å². The first-order valence-corrected chi connectivity index (χ1v) is 9.01. The number of aryl methyl sites for hydroxylation is 1. The van der Waals surface area contributed by atoms with E-state index in [0.717, 1.165) is 5.56 Å². The number of carbonyl (C=O) groups is 1. The highest BCUT2D eigenvalue weighted by Gasteiger charge is 2.11. The standard InChI is InChI=1S/C16H18ClN3O3S/c1-11-6-7-13(9-15(11)17)20-16(21)19-10-12-4-3-5-14(8-12)24(22,23)18-2/h3-9,18H,10H2,1-2H3,(H2,19,20,21). The van der Waals surface area contributed by atoms with E-state index in [9.17, 15) is 13.2 Å². The Morgan fingerprint density at radius 1 is 1.17 bits per heavy atom. The summed E-state index contributed by atoms with van der Waals surface area (Å²) >= 11 is 6.01. The van der Waals surface area contributed by atoms with Crippen molar-refractivity contribution in [3.05, 3.63) is 58.6 Å². The van der Waals surface area contributed by atoms with E-state index < -0.39 is 16.1 Å². The molecular formula is C16H18ClN3O3S. The molecule has 0 atom stereocenters. The third-order valence-electron chi connectivity index (χ3n) is 3.36. The van der Waals surface area contributed by atoms with Gasteiger partial charge in [0.2, 0.25) is 10.0 Å². The van der Waals surface area contributed by atoms with Crippen molar-refractivity contribution in [3.8, 4) is 0 Å². The van der Waals surface area contributed by atoms with Crippen molar-refractivity contribution in [1.29, 1.82) is 0 Å². The second-order valence-corrected chi connectivity index (χ2v) is 7.42. The predicted octanol–water partition coefficient (Wildman–Crippen LogP) is 2.88. The number of halogens is 1. The van der Waals surface area contributed by atoms with Crippen molar-refractivity contribution in [2.24, 2.45) is 0 Å². The van der Waals surface area contributed by atoms with Crippen LogP contribution in [-0.2, 0) is 16.6 Å². The fourth-order valence-electron chi connectivity index (χ4n) is 1.97. The summed E-state index contributed by atoms with van der Waals surface area (Å²) in [4.78, 5) is 12.1. The molecule has 0 unspecified atom stereocenters. The smallest absolute Gasteiger partial charge is 0.319 e. The molecule has 6 nitrogen and oxygen atoms in total. The molecule has 128 valence electrons. The molecule has 0 bridgehead atoms. The molecule has 2 rings (SSSR count). The molecule has 0 spiro atoms. The summed E-state index contributed by atoms with van der Waals surface area (Å²) in [6.07, 6.45) is 0. The Balaban J connectivity index is 1.99. The van der Waals surface area contributed by atoms with Gasteiger partial charge in [0.05, 0.1) is 4.90 Å². The van der Waals surface area contributed by atoms with Gasteiger partial charge in [-0.05, 0) is 49.4 Å². The maximum absolute atomic E-state index is 11.9. The molecule has 0 fully saturated rings. The van der Waals surface area contributed by atoms with E-state index >= 15 is 0 Å². The van der Waals surface area contributed by atoms with Gasteiger partial charge in [-0.1, -0.05) is 29.8 Å². The van der Waals surface area contributed by atoms with Gasteiger partial charge in [-0.25, -0.2) is 17.9 Å². The number of amides is 2. The summed E-state index contributed by atoms with van der Waals surface area (Å²) in [6, 6.07) is 11.2. The van der Waals surface area contributed by atoms with Gasteiger partial charge in [0, 0.05) is 17.3 Å². The summed E-state index contributed by atoms with van der Waals surface area (Å²) in [6.45, 7) is 2.07. The number of urea groups is 1. The topological polar surface area (TPSA) is 87.3 Å². The molecule has 0 heterocycles. The maximum Gasteiger partial charge on any atom is 0.319 e. The number of hydrogen-bond donors (Lipinski definition) is 3. The van der Waals surface area contributed by atoms with Gasteiger partial charge in [-0.15, -0.1) is 0 Å². The minimum absolute atomic E-state index is 0.148. The lowest BCUT2D eigenvalue weighted by Crippen LogP contribution is -2.28. The van der Waals surface area contributed by atoms with Crippen LogP contribution in [0.4, 0.5) is 10.5 Å². The number of nitrogens with one attached hydrogen (secondary N) is 3. The molecule has 2 aromatic rings. The van der Waals surface area contributed by atoms with Crippen LogP contribution >= 0.6 is 11.6 Å². The van der Waals surface area contributed by atoms with E-state index in [2.05, 4.69) is 15.4 Å². The van der Waals surface area contributed by atoms with Gasteiger partial charge in [-0.2, -0.15) is 0 Å². The normalized spacial score (nSPS) is 11.1. The summed E-state index contributed by atoms with van der Waals surface area (Å²) in [5.74, 6) is 0. The molecule has 3 N–H and O–H groups in total. The van der Waals surface area contributed by atoms with Crippen LogP contribution < -0.4 is 15.4 Å². The first-order valence-electron chi connectivity index (χ1n) is 7.15. The zero-order chi connectivity index (χ0) is 17.7. The molecule has 0 saturated carbocycles.